The van der Waals surface area contributed by atoms with Gasteiger partial charge >= 0.3 is 6.03 Å². The number of carbonyl (C=O) groups is 1. The fraction of sp³-hybridized carbons (Fsp3) is 0.500. The number of amides is 2. The van der Waals surface area contributed by atoms with Crippen molar-refractivity contribution in [1.29, 1.82) is 0 Å². The highest BCUT2D eigenvalue weighted by atomic mass is 16.5. The van der Waals surface area contributed by atoms with Crippen molar-refractivity contribution in [3.8, 4) is 5.75 Å². The zero-order valence-corrected chi connectivity index (χ0v) is 14.4. The van der Waals surface area contributed by atoms with E-state index in [1.54, 1.807) is 7.11 Å². The van der Waals surface area contributed by atoms with Crippen LogP contribution in [0.2, 0.25) is 0 Å². The van der Waals surface area contributed by atoms with Crippen molar-refractivity contribution in [2.75, 3.05) is 25.5 Å². The van der Waals surface area contributed by atoms with E-state index in [9.17, 15) is 4.79 Å². The number of ether oxygens (including phenoxy) is 1. The highest BCUT2D eigenvalue weighted by molar-refractivity contribution is 5.89. The van der Waals surface area contributed by atoms with Crippen LogP contribution in [0.4, 0.5) is 10.5 Å². The molecule has 0 radical (unpaired) electrons. The molecule has 132 valence electrons. The summed E-state index contributed by atoms with van der Waals surface area (Å²) in [5.41, 5.74) is 0.776. The van der Waals surface area contributed by atoms with Gasteiger partial charge in [0.05, 0.1) is 7.11 Å². The van der Waals surface area contributed by atoms with Gasteiger partial charge in [-0.3, -0.25) is 5.10 Å². The van der Waals surface area contributed by atoms with E-state index >= 15 is 0 Å². The van der Waals surface area contributed by atoms with Gasteiger partial charge in [0.2, 0.25) is 0 Å². The van der Waals surface area contributed by atoms with Crippen LogP contribution in [0.15, 0.2) is 24.3 Å². The monoisotopic (exact) mass is 341 g/mol. The third kappa shape index (κ3) is 3.75. The van der Waals surface area contributed by atoms with Crippen molar-refractivity contribution in [3.05, 3.63) is 35.9 Å². The van der Waals surface area contributed by atoms with Crippen molar-refractivity contribution in [2.45, 2.75) is 31.6 Å². The Morgan fingerprint density at radius 3 is 2.84 bits per heavy atom. The number of benzene rings is 1. The maximum absolute atomic E-state index is 12.4. The number of methoxy groups -OCH3 is 1. The molecule has 1 unspecified atom stereocenters. The summed E-state index contributed by atoms with van der Waals surface area (Å²) in [5.74, 6) is 3.69. The Balaban J connectivity index is 1.29. The zero-order valence-electron chi connectivity index (χ0n) is 14.4. The first-order chi connectivity index (χ1) is 12.2. The smallest absolute Gasteiger partial charge is 0.321 e. The van der Waals surface area contributed by atoms with E-state index in [4.69, 9.17) is 4.74 Å². The molecule has 1 saturated carbocycles. The Morgan fingerprint density at radius 1 is 1.32 bits per heavy atom. The van der Waals surface area contributed by atoms with E-state index < -0.39 is 0 Å². The van der Waals surface area contributed by atoms with E-state index in [1.165, 1.54) is 12.8 Å². The molecule has 2 heterocycles. The Bertz CT molecular complexity index is 738. The molecular weight excluding hydrogens is 318 g/mol. The average Bonchev–Trinajstić information content (AvgIpc) is 3.19. The lowest BCUT2D eigenvalue weighted by atomic mass is 10.1. The van der Waals surface area contributed by atoms with E-state index in [1.807, 2.05) is 29.2 Å². The number of likely N-dealkylation sites (tertiary alicyclic amines) is 1. The molecule has 1 aromatic carbocycles. The third-order valence-corrected chi connectivity index (χ3v) is 4.89. The zero-order chi connectivity index (χ0) is 17.2. The number of anilines is 1. The van der Waals surface area contributed by atoms with Crippen molar-refractivity contribution in [2.24, 2.45) is 5.92 Å². The van der Waals surface area contributed by atoms with Gasteiger partial charge in [-0.05, 0) is 49.4 Å². The lowest BCUT2D eigenvalue weighted by Crippen LogP contribution is -2.33. The fourth-order valence-corrected chi connectivity index (χ4v) is 3.26. The minimum atomic E-state index is -0.0519. The van der Waals surface area contributed by atoms with Gasteiger partial charge in [0.15, 0.2) is 5.82 Å². The molecule has 2 N–H and O–H groups in total. The first kappa shape index (κ1) is 15.9. The molecule has 1 aliphatic carbocycles. The second-order valence-electron chi connectivity index (χ2n) is 6.88. The predicted molar refractivity (Wildman–Crippen MR) is 93.8 cm³/mol. The summed E-state index contributed by atoms with van der Waals surface area (Å²) < 4.78 is 5.13. The van der Waals surface area contributed by atoms with Gasteiger partial charge in [-0.15, -0.1) is 0 Å². The number of nitrogens with one attached hydrogen (secondary N) is 2. The number of H-pyrrole nitrogens is 1. The Morgan fingerprint density at radius 2 is 2.12 bits per heavy atom. The topological polar surface area (TPSA) is 83.1 Å². The number of carbonyl (C=O) groups excluding carboxylic acids is 1. The molecule has 1 aliphatic heterocycles. The molecule has 1 aromatic heterocycles. The SMILES string of the molecule is COc1ccc(NC(=O)N2CCC(Cc3nc(C4CC4)n[nH]3)C2)cc1. The number of urea groups is 1. The molecule has 2 fully saturated rings. The Hall–Kier alpha value is -2.57. The van der Waals surface area contributed by atoms with Gasteiger partial charge in [-0.2, -0.15) is 5.10 Å². The summed E-state index contributed by atoms with van der Waals surface area (Å²) in [7, 11) is 1.63. The molecular formula is C18H23N5O2. The average molecular weight is 341 g/mol. The van der Waals surface area contributed by atoms with Gasteiger partial charge in [-0.1, -0.05) is 0 Å². The summed E-state index contributed by atoms with van der Waals surface area (Å²) in [5, 5.41) is 10.3. The second kappa shape index (κ2) is 6.74. The number of hydrogen-bond acceptors (Lipinski definition) is 4. The van der Waals surface area contributed by atoms with Gasteiger partial charge in [-0.25, -0.2) is 9.78 Å². The van der Waals surface area contributed by atoms with Crippen LogP contribution in [-0.2, 0) is 6.42 Å². The Labute approximate surface area is 146 Å². The van der Waals surface area contributed by atoms with Crippen LogP contribution in [0.5, 0.6) is 5.75 Å². The van der Waals surface area contributed by atoms with Crippen LogP contribution in [0.25, 0.3) is 0 Å². The molecule has 7 nitrogen and oxygen atoms in total. The molecule has 2 amide bonds. The molecule has 4 rings (SSSR count). The molecule has 0 bridgehead atoms. The molecule has 2 aliphatic rings. The summed E-state index contributed by atoms with van der Waals surface area (Å²) in [6, 6.07) is 7.31. The molecule has 7 heteroatoms. The number of hydrogen-bond donors (Lipinski definition) is 2. The van der Waals surface area contributed by atoms with Gasteiger partial charge in [0.25, 0.3) is 0 Å². The van der Waals surface area contributed by atoms with E-state index in [0.29, 0.717) is 11.8 Å². The lowest BCUT2D eigenvalue weighted by molar-refractivity contribution is 0.220. The van der Waals surface area contributed by atoms with Crippen LogP contribution in [0, 0.1) is 5.92 Å². The van der Waals surface area contributed by atoms with Crippen LogP contribution >= 0.6 is 0 Å². The van der Waals surface area contributed by atoms with Gasteiger partial charge in [0.1, 0.15) is 11.6 Å². The number of rotatable bonds is 5. The van der Waals surface area contributed by atoms with Crippen molar-refractivity contribution < 1.29 is 9.53 Å². The van der Waals surface area contributed by atoms with Crippen LogP contribution in [-0.4, -0.2) is 46.3 Å². The van der Waals surface area contributed by atoms with Crippen molar-refractivity contribution >= 4 is 11.7 Å². The summed E-state index contributed by atoms with van der Waals surface area (Å²) >= 11 is 0. The molecule has 25 heavy (non-hydrogen) atoms. The highest BCUT2D eigenvalue weighted by Crippen LogP contribution is 2.37. The van der Waals surface area contributed by atoms with E-state index in [-0.39, 0.29) is 6.03 Å². The first-order valence-corrected chi connectivity index (χ1v) is 8.82. The van der Waals surface area contributed by atoms with Crippen molar-refractivity contribution in [3.63, 3.8) is 0 Å². The maximum Gasteiger partial charge on any atom is 0.321 e. The third-order valence-electron chi connectivity index (χ3n) is 4.89. The van der Waals surface area contributed by atoms with Gasteiger partial charge < -0.3 is 15.0 Å². The summed E-state index contributed by atoms with van der Waals surface area (Å²) in [6.07, 6.45) is 4.27. The minimum absolute atomic E-state index is 0.0519. The second-order valence-corrected chi connectivity index (χ2v) is 6.88. The largest absolute Gasteiger partial charge is 0.497 e. The number of aromatic nitrogens is 3. The first-order valence-electron chi connectivity index (χ1n) is 8.82. The van der Waals surface area contributed by atoms with Gasteiger partial charge in [0, 0.05) is 31.1 Å². The normalized spacial score (nSPS) is 19.9. The minimum Gasteiger partial charge on any atom is -0.497 e. The van der Waals surface area contributed by atoms with Crippen LogP contribution in [0.1, 0.15) is 36.8 Å². The molecule has 0 spiro atoms. The van der Waals surface area contributed by atoms with E-state index in [0.717, 1.165) is 49.0 Å². The summed E-state index contributed by atoms with van der Waals surface area (Å²) in [4.78, 5) is 18.9. The highest BCUT2D eigenvalue weighted by Gasteiger charge is 2.30. The fourth-order valence-electron chi connectivity index (χ4n) is 3.26. The summed E-state index contributed by atoms with van der Waals surface area (Å²) in [6.45, 7) is 1.53. The van der Waals surface area contributed by atoms with Crippen molar-refractivity contribution in [1.82, 2.24) is 20.1 Å². The molecule has 2 aromatic rings. The standard InChI is InChI=1S/C18H23N5O2/c1-25-15-6-4-14(5-7-15)19-18(24)23-9-8-12(11-23)10-16-20-17(22-21-16)13-2-3-13/h4-7,12-13H,2-3,8-11H2,1H3,(H,19,24)(H,20,21,22). The molecule has 1 saturated heterocycles. The lowest BCUT2D eigenvalue weighted by Gasteiger charge is -2.17. The number of aromatic amines is 1. The van der Waals surface area contributed by atoms with Crippen LogP contribution in [0.3, 0.4) is 0 Å². The quantitative estimate of drug-likeness (QED) is 0.876. The predicted octanol–water partition coefficient (Wildman–Crippen LogP) is 2.79. The van der Waals surface area contributed by atoms with Crippen LogP contribution < -0.4 is 10.1 Å². The number of nitrogens with zero attached hydrogens (tertiary/aromatic N) is 3. The Kier molecular flexibility index (Phi) is 4.29. The van der Waals surface area contributed by atoms with E-state index in [2.05, 4.69) is 20.5 Å². The maximum atomic E-state index is 12.4. The molecule has 1 atom stereocenters.